The summed E-state index contributed by atoms with van der Waals surface area (Å²) in [5.74, 6) is 0. The summed E-state index contributed by atoms with van der Waals surface area (Å²) in [4.78, 5) is 0. The Kier molecular flexibility index (Phi) is 3.53. The Bertz CT molecular complexity index is 491. The minimum absolute atomic E-state index is 0.00560. The Labute approximate surface area is 108 Å². The molecule has 1 saturated carbocycles. The molecule has 1 heterocycles. The molecule has 0 saturated heterocycles. The van der Waals surface area contributed by atoms with Gasteiger partial charge in [0.2, 0.25) is 5.03 Å². The number of sulfonamides is 1. The zero-order valence-corrected chi connectivity index (χ0v) is 11.6. The molecule has 2 rings (SSSR count). The maximum absolute atomic E-state index is 12.4. The summed E-state index contributed by atoms with van der Waals surface area (Å²) >= 11 is 3.08. The highest BCUT2D eigenvalue weighted by Crippen LogP contribution is 2.33. The number of rotatable bonds is 5. The standard InChI is InChI=1S/C8H13BrN4O3S/c1-12-8(7(9)10-11-12)17(15,16)13(4-5-14)6-2-3-6/h6,14H,2-5H2,1H3. The van der Waals surface area contributed by atoms with Crippen molar-refractivity contribution < 1.29 is 13.5 Å². The molecule has 0 bridgehead atoms. The molecule has 17 heavy (non-hydrogen) atoms. The van der Waals surface area contributed by atoms with Crippen LogP contribution in [-0.2, 0) is 17.1 Å². The van der Waals surface area contributed by atoms with Gasteiger partial charge in [-0.3, -0.25) is 0 Å². The van der Waals surface area contributed by atoms with E-state index in [4.69, 9.17) is 5.11 Å². The zero-order chi connectivity index (χ0) is 12.6. The predicted octanol–water partition coefficient (Wildman–Crippen LogP) is -0.277. The van der Waals surface area contributed by atoms with Gasteiger partial charge in [0.05, 0.1) is 6.61 Å². The third-order valence-corrected chi connectivity index (χ3v) is 5.41. The van der Waals surface area contributed by atoms with Crippen LogP contribution in [0.15, 0.2) is 9.63 Å². The van der Waals surface area contributed by atoms with Gasteiger partial charge in [-0.05, 0) is 28.8 Å². The van der Waals surface area contributed by atoms with Gasteiger partial charge in [0, 0.05) is 19.6 Å². The van der Waals surface area contributed by atoms with Crippen LogP contribution in [0, 0.1) is 0 Å². The van der Waals surface area contributed by atoms with Crippen molar-refractivity contribution >= 4 is 26.0 Å². The second-order valence-corrected chi connectivity index (χ2v) is 6.44. The molecule has 0 unspecified atom stereocenters. The average molecular weight is 325 g/mol. The van der Waals surface area contributed by atoms with Crippen LogP contribution in [0.3, 0.4) is 0 Å². The lowest BCUT2D eigenvalue weighted by Crippen LogP contribution is -2.36. The van der Waals surface area contributed by atoms with Gasteiger partial charge in [-0.2, -0.15) is 4.31 Å². The fourth-order valence-corrected chi connectivity index (χ4v) is 4.38. The van der Waals surface area contributed by atoms with Crippen LogP contribution in [0.25, 0.3) is 0 Å². The highest BCUT2D eigenvalue weighted by atomic mass is 79.9. The molecule has 1 aromatic heterocycles. The van der Waals surface area contributed by atoms with Crippen LogP contribution in [-0.4, -0.2) is 52.0 Å². The number of hydrogen-bond donors (Lipinski definition) is 1. The van der Waals surface area contributed by atoms with Crippen molar-refractivity contribution in [3.8, 4) is 0 Å². The van der Waals surface area contributed by atoms with E-state index in [2.05, 4.69) is 26.2 Å². The molecule has 0 spiro atoms. The number of hydrogen-bond acceptors (Lipinski definition) is 5. The summed E-state index contributed by atoms with van der Waals surface area (Å²) in [6.45, 7) is -0.0940. The van der Waals surface area contributed by atoms with Crippen LogP contribution < -0.4 is 0 Å². The topological polar surface area (TPSA) is 88.3 Å². The molecule has 0 radical (unpaired) electrons. The molecule has 1 aromatic rings. The molecule has 7 nitrogen and oxygen atoms in total. The SMILES string of the molecule is Cn1nnc(Br)c1S(=O)(=O)N(CCO)C1CC1. The first kappa shape index (κ1) is 12.9. The van der Waals surface area contributed by atoms with Gasteiger partial charge < -0.3 is 5.11 Å². The molecule has 96 valence electrons. The third kappa shape index (κ3) is 2.37. The number of aliphatic hydroxyl groups excluding tert-OH is 1. The summed E-state index contributed by atoms with van der Waals surface area (Å²) in [6, 6.07) is -0.00560. The largest absolute Gasteiger partial charge is 0.395 e. The van der Waals surface area contributed by atoms with Crippen LogP contribution in [0.2, 0.25) is 0 Å². The molecule has 0 aromatic carbocycles. The monoisotopic (exact) mass is 324 g/mol. The minimum atomic E-state index is -3.65. The Hall–Kier alpha value is -0.510. The fourth-order valence-electron chi connectivity index (χ4n) is 1.67. The van der Waals surface area contributed by atoms with E-state index in [-0.39, 0.29) is 28.8 Å². The third-order valence-electron chi connectivity index (χ3n) is 2.56. The van der Waals surface area contributed by atoms with E-state index in [1.165, 1.54) is 16.0 Å². The molecule has 9 heteroatoms. The van der Waals surface area contributed by atoms with Crippen LogP contribution in [0.1, 0.15) is 12.8 Å². The van der Waals surface area contributed by atoms with Crippen molar-refractivity contribution in [1.29, 1.82) is 0 Å². The van der Waals surface area contributed by atoms with Crippen molar-refractivity contribution in [3.63, 3.8) is 0 Å². The molecular formula is C8H13BrN4O3S. The zero-order valence-electron chi connectivity index (χ0n) is 9.24. The number of aliphatic hydroxyl groups is 1. The van der Waals surface area contributed by atoms with Crippen molar-refractivity contribution in [2.45, 2.75) is 23.9 Å². The maximum atomic E-state index is 12.4. The number of aryl methyl sites for hydroxylation is 1. The number of halogens is 1. The van der Waals surface area contributed by atoms with Gasteiger partial charge >= 0.3 is 0 Å². The summed E-state index contributed by atoms with van der Waals surface area (Å²) in [5.41, 5.74) is 0. The van der Waals surface area contributed by atoms with Gasteiger partial charge in [-0.25, -0.2) is 13.1 Å². The van der Waals surface area contributed by atoms with Gasteiger partial charge in [-0.15, -0.1) is 5.10 Å². The highest BCUT2D eigenvalue weighted by Gasteiger charge is 2.40. The van der Waals surface area contributed by atoms with E-state index in [1.54, 1.807) is 0 Å². The van der Waals surface area contributed by atoms with Gasteiger partial charge in [0.25, 0.3) is 10.0 Å². The Morgan fingerprint density at radius 2 is 2.24 bits per heavy atom. The van der Waals surface area contributed by atoms with Gasteiger partial charge in [0.1, 0.15) is 0 Å². The van der Waals surface area contributed by atoms with Crippen molar-refractivity contribution in [2.75, 3.05) is 13.2 Å². The molecular weight excluding hydrogens is 312 g/mol. The Balaban J connectivity index is 2.40. The smallest absolute Gasteiger partial charge is 0.263 e. The summed E-state index contributed by atoms with van der Waals surface area (Å²) in [6.07, 6.45) is 1.67. The Morgan fingerprint density at radius 1 is 1.59 bits per heavy atom. The maximum Gasteiger partial charge on any atom is 0.263 e. The minimum Gasteiger partial charge on any atom is -0.395 e. The van der Waals surface area contributed by atoms with E-state index in [9.17, 15) is 8.42 Å². The van der Waals surface area contributed by atoms with E-state index in [0.717, 1.165) is 12.8 Å². The lowest BCUT2D eigenvalue weighted by molar-refractivity contribution is 0.250. The van der Waals surface area contributed by atoms with Crippen molar-refractivity contribution in [2.24, 2.45) is 7.05 Å². The predicted molar refractivity (Wildman–Crippen MR) is 62.7 cm³/mol. The van der Waals surface area contributed by atoms with Crippen molar-refractivity contribution in [3.05, 3.63) is 4.60 Å². The molecule has 0 amide bonds. The first-order valence-electron chi connectivity index (χ1n) is 5.16. The van der Waals surface area contributed by atoms with E-state index >= 15 is 0 Å². The second-order valence-electron chi connectivity index (χ2n) is 3.88. The van der Waals surface area contributed by atoms with E-state index in [0.29, 0.717) is 0 Å². The summed E-state index contributed by atoms with van der Waals surface area (Å²) in [7, 11) is -2.13. The average Bonchev–Trinajstić information content (AvgIpc) is 3.01. The van der Waals surface area contributed by atoms with Gasteiger partial charge in [0.15, 0.2) is 4.60 Å². The van der Waals surface area contributed by atoms with E-state index < -0.39 is 10.0 Å². The molecule has 0 aliphatic heterocycles. The summed E-state index contributed by atoms with van der Waals surface area (Å²) in [5, 5.41) is 16.3. The molecule has 1 N–H and O–H groups in total. The summed E-state index contributed by atoms with van der Waals surface area (Å²) < 4.78 is 27.5. The fraction of sp³-hybridized carbons (Fsp3) is 0.750. The second kappa shape index (κ2) is 4.63. The first-order valence-corrected chi connectivity index (χ1v) is 7.39. The normalized spacial score (nSPS) is 16.7. The quantitative estimate of drug-likeness (QED) is 0.805. The molecule has 1 aliphatic carbocycles. The lowest BCUT2D eigenvalue weighted by Gasteiger charge is -2.20. The number of aromatic nitrogens is 3. The molecule has 1 aliphatic rings. The molecule has 1 fully saturated rings. The van der Waals surface area contributed by atoms with E-state index in [1.807, 2.05) is 0 Å². The Morgan fingerprint density at radius 3 is 2.65 bits per heavy atom. The first-order chi connectivity index (χ1) is 7.98. The van der Waals surface area contributed by atoms with Crippen LogP contribution in [0.5, 0.6) is 0 Å². The van der Waals surface area contributed by atoms with Crippen LogP contribution >= 0.6 is 15.9 Å². The lowest BCUT2D eigenvalue weighted by atomic mass is 10.6. The van der Waals surface area contributed by atoms with Crippen LogP contribution in [0.4, 0.5) is 0 Å². The number of nitrogens with zero attached hydrogens (tertiary/aromatic N) is 4. The highest BCUT2D eigenvalue weighted by molar-refractivity contribution is 9.10. The molecule has 0 atom stereocenters. The van der Waals surface area contributed by atoms with Crippen molar-refractivity contribution in [1.82, 2.24) is 19.3 Å². The van der Waals surface area contributed by atoms with Gasteiger partial charge in [-0.1, -0.05) is 5.21 Å².